The number of amides is 1. The number of hydrogen-bond acceptors (Lipinski definition) is 12. The van der Waals surface area contributed by atoms with Crippen molar-refractivity contribution in [3.63, 3.8) is 0 Å². The lowest BCUT2D eigenvalue weighted by Gasteiger charge is -2.38. The predicted octanol–water partition coefficient (Wildman–Crippen LogP) is 4.35. The van der Waals surface area contributed by atoms with Crippen molar-refractivity contribution in [3.05, 3.63) is 68.6 Å². The second-order valence-corrected chi connectivity index (χ2v) is 14.3. The standard InChI is InChI=1S/C37H44BrNO12/c1-15-11-10-12-16(2)36(47)39-27-26(38)31(44)23-24(32(27)45)30(43)20(6)34-25(23)35(46)37(8,51-34)49-14-13-22(48-9)17(3)33(50-21(7)40)19(5)29(42)18(4)28(15)41/h10-15,17-19,22,28-29,33,41-43H,1-9H3,(H,39,47). The van der Waals surface area contributed by atoms with Gasteiger partial charge in [-0.15, -0.1) is 0 Å². The molecule has 3 heterocycles. The summed E-state index contributed by atoms with van der Waals surface area (Å²) in [5.74, 6) is -9.18. The lowest BCUT2D eigenvalue weighted by molar-refractivity contribution is -0.160. The number of esters is 1. The van der Waals surface area contributed by atoms with E-state index in [1.165, 1.54) is 47.0 Å². The van der Waals surface area contributed by atoms with Crippen LogP contribution in [-0.4, -0.2) is 81.9 Å². The van der Waals surface area contributed by atoms with Gasteiger partial charge in [0, 0.05) is 55.8 Å². The van der Waals surface area contributed by atoms with Gasteiger partial charge in [-0.2, -0.15) is 0 Å². The van der Waals surface area contributed by atoms with Crippen LogP contribution >= 0.6 is 15.9 Å². The van der Waals surface area contributed by atoms with Crippen molar-refractivity contribution in [2.45, 2.75) is 85.6 Å². The van der Waals surface area contributed by atoms with Crippen LogP contribution in [0.25, 0.3) is 0 Å². The monoisotopic (exact) mass is 773 g/mol. The molecule has 0 saturated heterocycles. The Labute approximate surface area is 304 Å². The summed E-state index contributed by atoms with van der Waals surface area (Å²) in [6.07, 6.45) is 3.37. The van der Waals surface area contributed by atoms with E-state index in [2.05, 4.69) is 21.2 Å². The predicted molar refractivity (Wildman–Crippen MR) is 187 cm³/mol. The Morgan fingerprint density at radius 3 is 2.20 bits per heavy atom. The summed E-state index contributed by atoms with van der Waals surface area (Å²) in [7, 11) is 1.42. The SMILES string of the molecule is COC1C=COC2(C)Oc3c(C)c(O)c4c(c3C2=O)C(=O)C(Br)=C(NC(=O)C(C)=CC=CC(C)C(O)C(C)C(O)C(C)C(OC(C)=O)C1C)C4=O. The van der Waals surface area contributed by atoms with E-state index in [9.17, 15) is 39.3 Å². The van der Waals surface area contributed by atoms with Gasteiger partial charge in [-0.1, -0.05) is 45.9 Å². The Morgan fingerprint density at radius 1 is 0.941 bits per heavy atom. The number of aromatic hydroxyl groups is 1. The quantitative estimate of drug-likeness (QED) is 0.311. The summed E-state index contributed by atoms with van der Waals surface area (Å²) in [6.45, 7) is 12.3. The molecule has 0 spiro atoms. The molecule has 1 aliphatic carbocycles. The van der Waals surface area contributed by atoms with E-state index in [4.69, 9.17) is 18.9 Å². The van der Waals surface area contributed by atoms with Crippen LogP contribution in [0.2, 0.25) is 0 Å². The van der Waals surface area contributed by atoms with Crippen LogP contribution in [0.3, 0.4) is 0 Å². The zero-order chi connectivity index (χ0) is 38.3. The third-order valence-corrected chi connectivity index (χ3v) is 10.7. The molecule has 5 bridgehead atoms. The maximum absolute atomic E-state index is 14.0. The van der Waals surface area contributed by atoms with Crippen LogP contribution in [0.5, 0.6) is 11.5 Å². The van der Waals surface area contributed by atoms with Crippen molar-refractivity contribution in [3.8, 4) is 11.5 Å². The Hall–Kier alpha value is -4.11. The molecule has 4 aliphatic rings. The van der Waals surface area contributed by atoms with E-state index in [1.54, 1.807) is 39.8 Å². The summed E-state index contributed by atoms with van der Waals surface area (Å²) in [5, 5.41) is 36.2. The van der Waals surface area contributed by atoms with Crippen molar-refractivity contribution >= 4 is 45.2 Å². The van der Waals surface area contributed by atoms with E-state index in [1.807, 2.05) is 0 Å². The molecule has 276 valence electrons. The van der Waals surface area contributed by atoms with Gasteiger partial charge in [0.15, 0.2) is 0 Å². The van der Waals surface area contributed by atoms with Crippen LogP contribution in [0.4, 0.5) is 0 Å². The van der Waals surface area contributed by atoms with Gasteiger partial charge in [-0.25, -0.2) is 0 Å². The first kappa shape index (κ1) is 39.7. The molecule has 3 aliphatic heterocycles. The number of carbonyl (C=O) groups is 5. The second-order valence-electron chi connectivity index (χ2n) is 13.5. The Morgan fingerprint density at radius 2 is 1.59 bits per heavy atom. The largest absolute Gasteiger partial charge is 0.507 e. The van der Waals surface area contributed by atoms with Gasteiger partial charge in [-0.3, -0.25) is 24.0 Å². The second kappa shape index (κ2) is 15.2. The fourth-order valence-electron chi connectivity index (χ4n) is 6.66. The molecule has 0 radical (unpaired) electrons. The molecule has 9 unspecified atom stereocenters. The van der Waals surface area contributed by atoms with E-state index < -0.39 is 106 Å². The molecular formula is C37H44BrNO12. The van der Waals surface area contributed by atoms with Gasteiger partial charge in [-0.05, 0) is 35.9 Å². The lowest BCUT2D eigenvalue weighted by Crippen LogP contribution is -2.46. The van der Waals surface area contributed by atoms with Gasteiger partial charge in [0.2, 0.25) is 11.6 Å². The highest BCUT2D eigenvalue weighted by Gasteiger charge is 2.52. The van der Waals surface area contributed by atoms with Crippen molar-refractivity contribution in [2.24, 2.45) is 23.7 Å². The molecule has 13 nitrogen and oxygen atoms in total. The van der Waals surface area contributed by atoms with E-state index in [0.717, 1.165) is 6.26 Å². The number of aliphatic hydroxyl groups excluding tert-OH is 2. The van der Waals surface area contributed by atoms with Crippen molar-refractivity contribution in [1.29, 1.82) is 0 Å². The molecule has 5 rings (SSSR count). The maximum Gasteiger partial charge on any atom is 0.312 e. The van der Waals surface area contributed by atoms with Crippen molar-refractivity contribution in [2.75, 3.05) is 7.11 Å². The number of carbonyl (C=O) groups excluding carboxylic acids is 5. The highest BCUT2D eigenvalue weighted by Crippen LogP contribution is 2.49. The molecule has 0 aromatic heterocycles. The molecule has 1 aromatic rings. The average molecular weight is 775 g/mol. The number of Topliss-reactive ketones (excluding diaryl/α,β-unsaturated/α-hetero) is 3. The molecule has 1 amide bonds. The number of phenols is 1. The molecule has 51 heavy (non-hydrogen) atoms. The smallest absolute Gasteiger partial charge is 0.312 e. The minimum atomic E-state index is -2.05. The number of benzene rings is 1. The molecule has 9 atom stereocenters. The van der Waals surface area contributed by atoms with Gasteiger partial charge in [0.05, 0.1) is 45.7 Å². The maximum atomic E-state index is 14.0. The lowest BCUT2D eigenvalue weighted by atomic mass is 9.78. The van der Waals surface area contributed by atoms with Crippen molar-refractivity contribution in [1.82, 2.24) is 5.32 Å². The van der Waals surface area contributed by atoms with Crippen LogP contribution in [0, 0.1) is 30.6 Å². The molecule has 0 fully saturated rings. The highest BCUT2D eigenvalue weighted by atomic mass is 79.9. The summed E-state index contributed by atoms with van der Waals surface area (Å²) in [5.41, 5.74) is -1.45. The number of halogens is 1. The molecular weight excluding hydrogens is 730 g/mol. The summed E-state index contributed by atoms with van der Waals surface area (Å²) >= 11 is 3.12. The fraction of sp³-hybridized carbons (Fsp3) is 0.486. The molecule has 4 N–H and O–H groups in total. The van der Waals surface area contributed by atoms with Gasteiger partial charge in [0.25, 0.3) is 11.7 Å². The number of nitrogens with one attached hydrogen (secondary N) is 1. The number of fused-ring (bicyclic) bond motifs is 14. The molecule has 1 aromatic carbocycles. The summed E-state index contributed by atoms with van der Waals surface area (Å²) in [6, 6.07) is 0. The molecule has 14 heteroatoms. The van der Waals surface area contributed by atoms with E-state index in [0.29, 0.717) is 0 Å². The van der Waals surface area contributed by atoms with E-state index >= 15 is 0 Å². The normalized spacial score (nSPS) is 32.0. The topological polar surface area (TPSA) is 195 Å². The Bertz CT molecular complexity index is 1780. The number of methoxy groups -OCH3 is 1. The zero-order valence-electron chi connectivity index (χ0n) is 29.9. The Balaban J connectivity index is 1.86. The van der Waals surface area contributed by atoms with Crippen LogP contribution in [-0.2, 0) is 23.8 Å². The van der Waals surface area contributed by atoms with Gasteiger partial charge >= 0.3 is 11.8 Å². The first-order valence-corrected chi connectivity index (χ1v) is 17.3. The van der Waals surface area contributed by atoms with E-state index in [-0.39, 0.29) is 26.9 Å². The summed E-state index contributed by atoms with van der Waals surface area (Å²) < 4.78 is 22.8. The van der Waals surface area contributed by atoms with Gasteiger partial charge < -0.3 is 39.6 Å². The minimum absolute atomic E-state index is 0.00400. The number of aliphatic hydroxyl groups is 2. The highest BCUT2D eigenvalue weighted by molar-refractivity contribution is 9.12. The number of rotatable bonds is 2. The zero-order valence-corrected chi connectivity index (χ0v) is 31.5. The number of hydrogen-bond donors (Lipinski definition) is 4. The van der Waals surface area contributed by atoms with Crippen LogP contribution in [0.15, 0.2) is 46.3 Å². The third kappa shape index (κ3) is 7.32. The average Bonchev–Trinajstić information content (AvgIpc) is 3.35. The third-order valence-electron chi connectivity index (χ3n) is 9.90. The Kier molecular flexibility index (Phi) is 11.9. The molecule has 0 saturated carbocycles. The first-order valence-electron chi connectivity index (χ1n) is 16.5. The minimum Gasteiger partial charge on any atom is -0.507 e. The number of ketones is 3. The number of phenolic OH excluding ortho intramolecular Hbond substituents is 1. The number of ether oxygens (including phenoxy) is 4. The fourth-order valence-corrected chi connectivity index (χ4v) is 7.13. The first-order chi connectivity index (χ1) is 23.8. The van der Waals surface area contributed by atoms with Gasteiger partial charge in [0.1, 0.15) is 23.3 Å². The van der Waals surface area contributed by atoms with Crippen LogP contribution in [0.1, 0.15) is 85.1 Å². The number of allylic oxidation sites excluding steroid dienone is 4. The van der Waals surface area contributed by atoms with Crippen molar-refractivity contribution < 1.29 is 58.2 Å². The summed E-state index contributed by atoms with van der Waals surface area (Å²) in [4.78, 5) is 67.0. The van der Waals surface area contributed by atoms with Crippen LogP contribution < -0.4 is 10.1 Å².